The maximum Gasteiger partial charge on any atom is 0.0722 e. The minimum Gasteiger partial charge on any atom is -0.379 e. The Kier molecular flexibility index (Phi) is 4.63. The fraction of sp³-hybridized carbons (Fsp3) is 0.0769. The van der Waals surface area contributed by atoms with Crippen molar-refractivity contribution in [2.24, 2.45) is 0 Å². The molecule has 2 rings (SSSR count). The normalized spacial score (nSPS) is 10.4. The van der Waals surface area contributed by atoms with Crippen LogP contribution in [0.4, 0.5) is 5.69 Å². The van der Waals surface area contributed by atoms with Gasteiger partial charge in [-0.15, -0.1) is 0 Å². The molecule has 0 radical (unpaired) electrons. The van der Waals surface area contributed by atoms with Crippen LogP contribution in [0.2, 0.25) is 20.1 Å². The molecular formula is C13H9Cl4N. The Morgan fingerprint density at radius 2 is 1.33 bits per heavy atom. The summed E-state index contributed by atoms with van der Waals surface area (Å²) in [5, 5.41) is 5.41. The van der Waals surface area contributed by atoms with Crippen molar-refractivity contribution in [1.29, 1.82) is 0 Å². The zero-order chi connectivity index (χ0) is 13.1. The number of nitrogens with one attached hydrogen (secondary N) is 1. The molecule has 5 heteroatoms. The van der Waals surface area contributed by atoms with E-state index in [-0.39, 0.29) is 0 Å². The average molecular weight is 321 g/mol. The molecule has 0 heterocycles. The van der Waals surface area contributed by atoms with E-state index in [9.17, 15) is 0 Å². The summed E-state index contributed by atoms with van der Waals surface area (Å²) < 4.78 is 0. The van der Waals surface area contributed by atoms with Gasteiger partial charge in [0.1, 0.15) is 0 Å². The first-order chi connectivity index (χ1) is 8.56. The number of anilines is 1. The van der Waals surface area contributed by atoms with Crippen LogP contribution >= 0.6 is 46.4 Å². The molecule has 2 aromatic carbocycles. The van der Waals surface area contributed by atoms with E-state index >= 15 is 0 Å². The molecule has 0 saturated carbocycles. The lowest BCUT2D eigenvalue weighted by Crippen LogP contribution is -2.00. The molecule has 1 nitrogen and oxygen atoms in total. The molecule has 0 aliphatic heterocycles. The summed E-state index contributed by atoms with van der Waals surface area (Å²) in [4.78, 5) is 0. The van der Waals surface area contributed by atoms with Crippen molar-refractivity contribution in [3.05, 3.63) is 62.1 Å². The Balaban J connectivity index is 2.13. The lowest BCUT2D eigenvalue weighted by atomic mass is 10.2. The van der Waals surface area contributed by atoms with Gasteiger partial charge in [0.2, 0.25) is 0 Å². The standard InChI is InChI=1S/C13H9Cl4N/c14-9-3-1-8(2-4-9)7-18-13-11(16)5-10(15)6-12(13)17/h1-6,18H,7H2. The molecule has 0 fully saturated rings. The van der Waals surface area contributed by atoms with Crippen LogP contribution in [0.15, 0.2) is 36.4 Å². The van der Waals surface area contributed by atoms with Gasteiger partial charge in [0.25, 0.3) is 0 Å². The molecule has 0 aliphatic rings. The molecule has 0 aliphatic carbocycles. The third-order valence-electron chi connectivity index (χ3n) is 2.39. The van der Waals surface area contributed by atoms with Crippen molar-refractivity contribution >= 4 is 52.1 Å². The fourth-order valence-electron chi connectivity index (χ4n) is 1.50. The molecule has 0 bridgehead atoms. The monoisotopic (exact) mass is 319 g/mol. The molecule has 2 aromatic rings. The highest BCUT2D eigenvalue weighted by Gasteiger charge is 2.07. The average Bonchev–Trinajstić information content (AvgIpc) is 2.30. The summed E-state index contributed by atoms with van der Waals surface area (Å²) in [5.41, 5.74) is 1.76. The van der Waals surface area contributed by atoms with Gasteiger partial charge < -0.3 is 5.32 Å². The molecule has 1 N–H and O–H groups in total. The smallest absolute Gasteiger partial charge is 0.0722 e. The predicted molar refractivity (Wildman–Crippen MR) is 80.3 cm³/mol. The van der Waals surface area contributed by atoms with Gasteiger partial charge >= 0.3 is 0 Å². The highest BCUT2D eigenvalue weighted by molar-refractivity contribution is 6.41. The van der Waals surface area contributed by atoms with Crippen LogP contribution < -0.4 is 5.32 Å². The summed E-state index contributed by atoms with van der Waals surface area (Å²) in [6.07, 6.45) is 0. The Hall–Kier alpha value is -0.600. The van der Waals surface area contributed by atoms with Gasteiger partial charge in [-0.25, -0.2) is 0 Å². The van der Waals surface area contributed by atoms with Crippen LogP contribution in [0.5, 0.6) is 0 Å². The first kappa shape index (κ1) is 13.8. The van der Waals surface area contributed by atoms with Crippen molar-refractivity contribution in [2.45, 2.75) is 6.54 Å². The maximum absolute atomic E-state index is 6.07. The summed E-state index contributed by atoms with van der Waals surface area (Å²) >= 11 is 23.8. The Bertz CT molecular complexity index is 528. The highest BCUT2D eigenvalue weighted by atomic mass is 35.5. The largest absolute Gasteiger partial charge is 0.379 e. The lowest BCUT2D eigenvalue weighted by Gasteiger charge is -2.11. The molecule has 0 amide bonds. The predicted octanol–water partition coefficient (Wildman–Crippen LogP) is 5.91. The molecule has 0 atom stereocenters. The van der Waals surface area contributed by atoms with E-state index in [1.807, 2.05) is 24.3 Å². The summed E-state index contributed by atoms with van der Waals surface area (Å²) in [6.45, 7) is 0.609. The van der Waals surface area contributed by atoms with Crippen LogP contribution in [0.1, 0.15) is 5.56 Å². The number of hydrogen-bond acceptors (Lipinski definition) is 1. The Morgan fingerprint density at radius 1 is 0.778 bits per heavy atom. The maximum atomic E-state index is 6.07. The minimum absolute atomic E-state index is 0.501. The summed E-state index contributed by atoms with van der Waals surface area (Å²) in [7, 11) is 0. The number of benzene rings is 2. The van der Waals surface area contributed by atoms with Gasteiger partial charge in [-0.3, -0.25) is 0 Å². The van der Waals surface area contributed by atoms with Gasteiger partial charge in [0.05, 0.1) is 15.7 Å². The Labute approximate surface area is 126 Å². The first-order valence-corrected chi connectivity index (χ1v) is 6.70. The second-order valence-electron chi connectivity index (χ2n) is 3.72. The molecule has 0 aromatic heterocycles. The van der Waals surface area contributed by atoms with Crippen molar-refractivity contribution < 1.29 is 0 Å². The first-order valence-electron chi connectivity index (χ1n) is 5.19. The van der Waals surface area contributed by atoms with E-state index < -0.39 is 0 Å². The lowest BCUT2D eigenvalue weighted by molar-refractivity contribution is 1.15. The summed E-state index contributed by atoms with van der Waals surface area (Å²) in [6, 6.07) is 10.9. The highest BCUT2D eigenvalue weighted by Crippen LogP contribution is 2.33. The van der Waals surface area contributed by atoms with Crippen molar-refractivity contribution in [2.75, 3.05) is 5.32 Å². The molecule has 0 spiro atoms. The third kappa shape index (κ3) is 3.46. The van der Waals surface area contributed by atoms with Gasteiger partial charge in [-0.1, -0.05) is 58.5 Å². The number of halogens is 4. The fourth-order valence-corrected chi connectivity index (χ4v) is 2.58. The van der Waals surface area contributed by atoms with Crippen LogP contribution in [-0.4, -0.2) is 0 Å². The van der Waals surface area contributed by atoms with E-state index in [2.05, 4.69) is 5.32 Å². The molecular weight excluding hydrogens is 312 g/mol. The van der Waals surface area contributed by atoms with E-state index in [0.29, 0.717) is 32.3 Å². The van der Waals surface area contributed by atoms with Gasteiger partial charge in [-0.05, 0) is 29.8 Å². The molecule has 94 valence electrons. The summed E-state index contributed by atoms with van der Waals surface area (Å²) in [5.74, 6) is 0. The van der Waals surface area contributed by atoms with E-state index in [1.54, 1.807) is 12.1 Å². The van der Waals surface area contributed by atoms with Crippen molar-refractivity contribution in [3.8, 4) is 0 Å². The second kappa shape index (κ2) is 6.03. The number of rotatable bonds is 3. The second-order valence-corrected chi connectivity index (χ2v) is 5.41. The molecule has 0 saturated heterocycles. The molecule has 0 unspecified atom stereocenters. The van der Waals surface area contributed by atoms with Crippen molar-refractivity contribution in [1.82, 2.24) is 0 Å². The zero-order valence-electron chi connectivity index (χ0n) is 9.18. The quantitative estimate of drug-likeness (QED) is 0.741. The number of hydrogen-bond donors (Lipinski definition) is 1. The van der Waals surface area contributed by atoms with Crippen LogP contribution in [0.3, 0.4) is 0 Å². The molecule has 18 heavy (non-hydrogen) atoms. The van der Waals surface area contributed by atoms with Crippen LogP contribution in [-0.2, 0) is 6.54 Å². The van der Waals surface area contributed by atoms with E-state index in [0.717, 1.165) is 5.56 Å². The van der Waals surface area contributed by atoms with Crippen molar-refractivity contribution in [3.63, 3.8) is 0 Å². The van der Waals surface area contributed by atoms with Crippen LogP contribution in [0, 0.1) is 0 Å². The zero-order valence-corrected chi connectivity index (χ0v) is 12.2. The van der Waals surface area contributed by atoms with E-state index in [4.69, 9.17) is 46.4 Å². The van der Waals surface area contributed by atoms with E-state index in [1.165, 1.54) is 0 Å². The topological polar surface area (TPSA) is 12.0 Å². The minimum atomic E-state index is 0.501. The van der Waals surface area contributed by atoms with Crippen LogP contribution in [0.25, 0.3) is 0 Å². The van der Waals surface area contributed by atoms with Gasteiger partial charge in [-0.2, -0.15) is 0 Å². The van der Waals surface area contributed by atoms with Gasteiger partial charge in [0.15, 0.2) is 0 Å². The van der Waals surface area contributed by atoms with Gasteiger partial charge in [0, 0.05) is 16.6 Å². The Morgan fingerprint density at radius 3 is 1.89 bits per heavy atom. The SMILES string of the molecule is Clc1ccc(CNc2c(Cl)cc(Cl)cc2Cl)cc1. The third-order valence-corrected chi connectivity index (χ3v) is 3.46.